The number of benzene rings is 3. The Labute approximate surface area is 206 Å². The summed E-state index contributed by atoms with van der Waals surface area (Å²) < 4.78 is 5.56. The Morgan fingerprint density at radius 2 is 1.76 bits per heavy atom. The van der Waals surface area contributed by atoms with Crippen LogP contribution in [0.2, 0.25) is 5.02 Å². The number of fused-ring (bicyclic) bond motifs is 1. The molecule has 0 aliphatic carbocycles. The minimum absolute atomic E-state index is 0.177. The molecule has 0 atom stereocenters. The molecule has 0 spiro atoms. The molecule has 0 bridgehead atoms. The first-order valence-corrected chi connectivity index (χ1v) is 11.0. The molecular formula is C24H20ClN5O3S. The first-order valence-electron chi connectivity index (χ1n) is 10.2. The van der Waals surface area contributed by atoms with Gasteiger partial charge in [-0.2, -0.15) is 5.10 Å². The average molecular weight is 494 g/mol. The van der Waals surface area contributed by atoms with Gasteiger partial charge in [0.25, 0.3) is 5.91 Å². The monoisotopic (exact) mass is 493 g/mol. The standard InChI is InChI=1S/C24H20ClN5O3S/c1-15-2-8-18(9-3-15)28-24(34)30-20-11-10-19(12-21(20)33-14-22(30)31)27-23(32)29-26-13-16-4-6-17(25)7-5-16/h2-13H,14H2,1H3,(H,28,34)(H2,27,29,32)/b26-13+. The highest BCUT2D eigenvalue weighted by atomic mass is 35.5. The van der Waals surface area contributed by atoms with Crippen molar-refractivity contribution in [1.29, 1.82) is 0 Å². The minimum atomic E-state index is -0.537. The van der Waals surface area contributed by atoms with E-state index in [4.69, 9.17) is 28.6 Å². The fraction of sp³-hybridized carbons (Fsp3) is 0.0833. The molecule has 1 aliphatic rings. The molecule has 10 heteroatoms. The summed E-state index contributed by atoms with van der Waals surface area (Å²) in [6, 6.07) is 19.0. The van der Waals surface area contributed by atoms with Gasteiger partial charge in [-0.25, -0.2) is 10.2 Å². The van der Waals surface area contributed by atoms with Crippen molar-refractivity contribution in [3.05, 3.63) is 82.9 Å². The van der Waals surface area contributed by atoms with Crippen LogP contribution < -0.4 is 25.7 Å². The zero-order valence-electron chi connectivity index (χ0n) is 18.0. The summed E-state index contributed by atoms with van der Waals surface area (Å²) in [6.07, 6.45) is 1.50. The molecule has 3 aromatic rings. The lowest BCUT2D eigenvalue weighted by molar-refractivity contribution is -0.120. The molecule has 4 rings (SSSR count). The van der Waals surface area contributed by atoms with E-state index >= 15 is 0 Å². The molecule has 34 heavy (non-hydrogen) atoms. The minimum Gasteiger partial charge on any atom is -0.481 e. The van der Waals surface area contributed by atoms with Gasteiger partial charge in [-0.1, -0.05) is 41.4 Å². The zero-order chi connectivity index (χ0) is 24.1. The number of aryl methyl sites for hydroxylation is 1. The molecule has 172 valence electrons. The molecule has 0 radical (unpaired) electrons. The van der Waals surface area contributed by atoms with Crippen molar-refractivity contribution in [3.63, 3.8) is 0 Å². The number of hydrogen-bond donors (Lipinski definition) is 3. The smallest absolute Gasteiger partial charge is 0.339 e. The molecule has 1 heterocycles. The predicted octanol–water partition coefficient (Wildman–Crippen LogP) is 4.93. The van der Waals surface area contributed by atoms with Crippen molar-refractivity contribution in [1.82, 2.24) is 5.43 Å². The van der Waals surface area contributed by atoms with Gasteiger partial charge in [0.15, 0.2) is 11.7 Å². The summed E-state index contributed by atoms with van der Waals surface area (Å²) in [6.45, 7) is 1.81. The summed E-state index contributed by atoms with van der Waals surface area (Å²) in [7, 11) is 0. The number of carbonyl (C=O) groups excluding carboxylic acids is 2. The van der Waals surface area contributed by atoms with Crippen LogP contribution in [0.3, 0.4) is 0 Å². The van der Waals surface area contributed by atoms with Gasteiger partial charge < -0.3 is 15.4 Å². The van der Waals surface area contributed by atoms with E-state index in [2.05, 4.69) is 21.2 Å². The number of urea groups is 1. The number of halogens is 1. The Bertz CT molecular complexity index is 1260. The van der Waals surface area contributed by atoms with Crippen LogP contribution in [-0.4, -0.2) is 29.9 Å². The fourth-order valence-corrected chi connectivity index (χ4v) is 3.59. The molecule has 3 N–H and O–H groups in total. The van der Waals surface area contributed by atoms with Gasteiger partial charge in [0.05, 0.1) is 11.9 Å². The largest absolute Gasteiger partial charge is 0.481 e. The van der Waals surface area contributed by atoms with Crippen molar-refractivity contribution in [3.8, 4) is 5.75 Å². The molecular weight excluding hydrogens is 474 g/mol. The summed E-state index contributed by atoms with van der Waals surface area (Å²) in [5, 5.41) is 10.5. The molecule has 0 aromatic heterocycles. The van der Waals surface area contributed by atoms with Gasteiger partial charge in [-0.3, -0.25) is 9.69 Å². The van der Waals surface area contributed by atoms with Crippen LogP contribution in [0.5, 0.6) is 5.75 Å². The van der Waals surface area contributed by atoms with E-state index in [1.807, 2.05) is 31.2 Å². The lowest BCUT2D eigenvalue weighted by Gasteiger charge is -2.30. The number of amides is 3. The van der Waals surface area contributed by atoms with Gasteiger partial charge in [0.2, 0.25) is 0 Å². The van der Waals surface area contributed by atoms with Crippen LogP contribution in [0.25, 0.3) is 0 Å². The van der Waals surface area contributed by atoms with E-state index in [0.29, 0.717) is 22.1 Å². The summed E-state index contributed by atoms with van der Waals surface area (Å²) in [5.41, 5.74) is 6.00. The van der Waals surface area contributed by atoms with Crippen molar-refractivity contribution in [2.75, 3.05) is 22.1 Å². The number of nitrogens with zero attached hydrogens (tertiary/aromatic N) is 2. The molecule has 8 nitrogen and oxygen atoms in total. The molecule has 3 aromatic carbocycles. The first kappa shape index (κ1) is 23.2. The van der Waals surface area contributed by atoms with Gasteiger partial charge in [0.1, 0.15) is 5.75 Å². The lowest BCUT2D eigenvalue weighted by Crippen LogP contribution is -2.45. The highest BCUT2D eigenvalue weighted by Gasteiger charge is 2.29. The number of carbonyl (C=O) groups is 2. The Kier molecular flexibility index (Phi) is 7.05. The Morgan fingerprint density at radius 3 is 2.50 bits per heavy atom. The average Bonchev–Trinajstić information content (AvgIpc) is 2.82. The van der Waals surface area contributed by atoms with Crippen molar-refractivity contribution in [2.24, 2.45) is 5.10 Å². The van der Waals surface area contributed by atoms with Crippen LogP contribution in [0.4, 0.5) is 21.9 Å². The second kappa shape index (κ2) is 10.3. The Morgan fingerprint density at radius 1 is 1.06 bits per heavy atom. The molecule has 0 unspecified atom stereocenters. The molecule has 0 saturated carbocycles. The molecule has 0 saturated heterocycles. The van der Waals surface area contributed by atoms with E-state index in [1.54, 1.807) is 42.5 Å². The maximum Gasteiger partial charge on any atom is 0.339 e. The summed E-state index contributed by atoms with van der Waals surface area (Å²) in [5.74, 6) is 0.113. The second-order valence-corrected chi connectivity index (χ2v) is 8.20. The molecule has 1 aliphatic heterocycles. The zero-order valence-corrected chi connectivity index (χ0v) is 19.6. The normalized spacial score (nSPS) is 12.6. The molecule has 0 fully saturated rings. The number of rotatable bonds is 4. The van der Waals surface area contributed by atoms with Gasteiger partial charge in [-0.05, 0) is 61.1 Å². The maximum atomic E-state index is 12.5. The lowest BCUT2D eigenvalue weighted by atomic mass is 10.2. The Hall–Kier alpha value is -3.95. The first-order chi connectivity index (χ1) is 16.4. The number of hydrazone groups is 1. The highest BCUT2D eigenvalue weighted by molar-refractivity contribution is 7.80. The van der Waals surface area contributed by atoms with Gasteiger partial charge in [-0.15, -0.1) is 0 Å². The van der Waals surface area contributed by atoms with Gasteiger partial charge in [0, 0.05) is 22.5 Å². The maximum absolute atomic E-state index is 12.5. The number of hydrogen-bond acceptors (Lipinski definition) is 5. The SMILES string of the molecule is Cc1ccc(NC(=S)N2C(=O)COc3cc(NC(=O)N/N=C/c4ccc(Cl)cc4)ccc32)cc1. The highest BCUT2D eigenvalue weighted by Crippen LogP contribution is 2.35. The number of ether oxygens (including phenoxy) is 1. The topological polar surface area (TPSA) is 95.1 Å². The van der Waals surface area contributed by atoms with Crippen LogP contribution >= 0.6 is 23.8 Å². The van der Waals surface area contributed by atoms with Crippen LogP contribution in [0.1, 0.15) is 11.1 Å². The van der Waals surface area contributed by atoms with Crippen LogP contribution in [-0.2, 0) is 4.79 Å². The predicted molar refractivity (Wildman–Crippen MR) is 138 cm³/mol. The quantitative estimate of drug-likeness (QED) is 0.272. The Balaban J connectivity index is 1.41. The van der Waals surface area contributed by atoms with Crippen LogP contribution in [0.15, 0.2) is 71.8 Å². The van der Waals surface area contributed by atoms with Crippen molar-refractivity contribution >= 4 is 64.1 Å². The third-order valence-electron chi connectivity index (χ3n) is 4.81. The third kappa shape index (κ3) is 5.69. The summed E-state index contributed by atoms with van der Waals surface area (Å²) in [4.78, 5) is 26.1. The van der Waals surface area contributed by atoms with E-state index in [0.717, 1.165) is 16.8 Å². The van der Waals surface area contributed by atoms with E-state index in [-0.39, 0.29) is 17.6 Å². The van der Waals surface area contributed by atoms with Crippen molar-refractivity contribution < 1.29 is 14.3 Å². The fourth-order valence-electron chi connectivity index (χ4n) is 3.14. The van der Waals surface area contributed by atoms with Crippen LogP contribution in [0, 0.1) is 6.92 Å². The van der Waals surface area contributed by atoms with E-state index in [9.17, 15) is 9.59 Å². The number of anilines is 3. The van der Waals surface area contributed by atoms with E-state index in [1.165, 1.54) is 11.1 Å². The van der Waals surface area contributed by atoms with Gasteiger partial charge >= 0.3 is 6.03 Å². The second-order valence-electron chi connectivity index (χ2n) is 7.37. The third-order valence-corrected chi connectivity index (χ3v) is 5.35. The van der Waals surface area contributed by atoms with E-state index < -0.39 is 6.03 Å². The molecule has 3 amide bonds. The number of nitrogens with one attached hydrogen (secondary N) is 3. The number of thiocarbonyl (C=S) groups is 1. The van der Waals surface area contributed by atoms with Crippen molar-refractivity contribution in [2.45, 2.75) is 6.92 Å². The summed E-state index contributed by atoms with van der Waals surface area (Å²) >= 11 is 11.3.